The van der Waals surface area contributed by atoms with E-state index in [9.17, 15) is 4.79 Å². The maximum atomic E-state index is 13.2. The largest absolute Gasteiger partial charge is 0.343 e. The van der Waals surface area contributed by atoms with E-state index in [2.05, 4.69) is 25.7 Å². The summed E-state index contributed by atoms with van der Waals surface area (Å²) in [6, 6.07) is 0. The number of carbonyl (C=O) groups is 1. The molecule has 0 aliphatic carbocycles. The number of amides is 1. The molecule has 0 aromatic rings. The Bertz CT molecular complexity index is 504. The average molecular weight is 620 g/mol. The Morgan fingerprint density at radius 2 is 0.500 bits per heavy atom. The molecule has 0 unspecified atom stereocenters. The number of hydrogen-bond donors (Lipinski definition) is 0. The summed E-state index contributed by atoms with van der Waals surface area (Å²) in [5, 5.41) is 0. The fourth-order valence-corrected chi connectivity index (χ4v) is 6.75. The summed E-state index contributed by atoms with van der Waals surface area (Å²) in [6.45, 7) is 8.91. The van der Waals surface area contributed by atoms with Crippen LogP contribution in [-0.4, -0.2) is 23.9 Å². The zero-order valence-corrected chi connectivity index (χ0v) is 31.2. The molecular formula is C42H85NO. The minimum atomic E-state index is 0.451. The smallest absolute Gasteiger partial charge is 0.222 e. The van der Waals surface area contributed by atoms with Gasteiger partial charge in [0.25, 0.3) is 0 Å². The Morgan fingerprint density at radius 1 is 0.295 bits per heavy atom. The van der Waals surface area contributed by atoms with Crippen LogP contribution in [0.25, 0.3) is 0 Å². The zero-order valence-electron chi connectivity index (χ0n) is 31.2. The number of unbranched alkanes of at least 4 members (excludes halogenated alkanes) is 32. The Hall–Kier alpha value is -0.530. The lowest BCUT2D eigenvalue weighted by molar-refractivity contribution is -0.131. The van der Waals surface area contributed by atoms with Gasteiger partial charge in [0, 0.05) is 19.5 Å². The van der Waals surface area contributed by atoms with Crippen LogP contribution >= 0.6 is 0 Å². The highest BCUT2D eigenvalue weighted by Gasteiger charge is 2.12. The molecule has 0 radical (unpaired) electrons. The minimum absolute atomic E-state index is 0.451. The van der Waals surface area contributed by atoms with Crippen LogP contribution in [0.15, 0.2) is 0 Å². The summed E-state index contributed by atoms with van der Waals surface area (Å²) in [7, 11) is 0. The van der Waals surface area contributed by atoms with Gasteiger partial charge in [0.1, 0.15) is 0 Å². The van der Waals surface area contributed by atoms with E-state index in [1.54, 1.807) is 0 Å². The summed E-state index contributed by atoms with van der Waals surface area (Å²) in [5.74, 6) is 0.451. The van der Waals surface area contributed by atoms with Gasteiger partial charge in [-0.3, -0.25) is 4.79 Å². The van der Waals surface area contributed by atoms with Crippen LogP contribution in [0.3, 0.4) is 0 Å². The normalized spacial score (nSPS) is 11.4. The summed E-state index contributed by atoms with van der Waals surface area (Å²) in [6.07, 6.45) is 48.8. The zero-order chi connectivity index (χ0) is 32.0. The minimum Gasteiger partial charge on any atom is -0.343 e. The van der Waals surface area contributed by atoms with Gasteiger partial charge in [0.15, 0.2) is 0 Å². The predicted molar refractivity (Wildman–Crippen MR) is 200 cm³/mol. The van der Waals surface area contributed by atoms with Gasteiger partial charge in [-0.25, -0.2) is 0 Å². The molecule has 0 bridgehead atoms. The number of rotatable bonds is 38. The Kier molecular flexibility index (Phi) is 38.2. The van der Waals surface area contributed by atoms with Crippen LogP contribution in [-0.2, 0) is 4.79 Å². The van der Waals surface area contributed by atoms with Crippen molar-refractivity contribution in [3.05, 3.63) is 0 Å². The SMILES string of the molecule is CCCCCCCCCCCCCCN(CCCCCCCCCCCCCC)C(=O)CCCCCCCCCCCCC. The topological polar surface area (TPSA) is 20.3 Å². The van der Waals surface area contributed by atoms with Crippen molar-refractivity contribution in [3.63, 3.8) is 0 Å². The first-order valence-corrected chi connectivity index (χ1v) is 21.0. The van der Waals surface area contributed by atoms with Gasteiger partial charge < -0.3 is 4.90 Å². The molecule has 0 aromatic carbocycles. The highest BCUT2D eigenvalue weighted by molar-refractivity contribution is 5.76. The summed E-state index contributed by atoms with van der Waals surface area (Å²) < 4.78 is 0. The van der Waals surface area contributed by atoms with Gasteiger partial charge in [-0.15, -0.1) is 0 Å². The van der Waals surface area contributed by atoms with E-state index >= 15 is 0 Å². The molecular weight excluding hydrogens is 534 g/mol. The highest BCUT2D eigenvalue weighted by Crippen LogP contribution is 2.16. The van der Waals surface area contributed by atoms with E-state index in [1.165, 1.54) is 218 Å². The second-order valence-electron chi connectivity index (χ2n) is 14.4. The van der Waals surface area contributed by atoms with Gasteiger partial charge in [0.05, 0.1) is 0 Å². The summed E-state index contributed by atoms with van der Waals surface area (Å²) in [4.78, 5) is 15.5. The first-order valence-electron chi connectivity index (χ1n) is 21.0. The fraction of sp³-hybridized carbons (Fsp3) is 0.976. The molecule has 0 saturated carbocycles. The Morgan fingerprint density at radius 3 is 0.750 bits per heavy atom. The predicted octanol–water partition coefficient (Wildman–Crippen LogP) is 14.9. The molecule has 0 aromatic heterocycles. The van der Waals surface area contributed by atoms with Gasteiger partial charge in [-0.2, -0.15) is 0 Å². The highest BCUT2D eigenvalue weighted by atomic mass is 16.2. The lowest BCUT2D eigenvalue weighted by Crippen LogP contribution is -2.32. The van der Waals surface area contributed by atoms with Gasteiger partial charge >= 0.3 is 0 Å². The maximum Gasteiger partial charge on any atom is 0.222 e. The molecule has 0 fully saturated rings. The molecule has 0 N–H and O–H groups in total. The third kappa shape index (κ3) is 34.3. The summed E-state index contributed by atoms with van der Waals surface area (Å²) in [5.41, 5.74) is 0. The fourth-order valence-electron chi connectivity index (χ4n) is 6.75. The second-order valence-corrected chi connectivity index (χ2v) is 14.4. The van der Waals surface area contributed by atoms with Gasteiger partial charge in [-0.05, 0) is 19.3 Å². The molecule has 264 valence electrons. The lowest BCUT2D eigenvalue weighted by Gasteiger charge is -2.23. The second kappa shape index (κ2) is 38.7. The van der Waals surface area contributed by atoms with Crippen molar-refractivity contribution in [2.24, 2.45) is 0 Å². The Balaban J connectivity index is 4.06. The van der Waals surface area contributed by atoms with Gasteiger partial charge in [0.2, 0.25) is 5.91 Å². The molecule has 1 amide bonds. The van der Waals surface area contributed by atoms with Gasteiger partial charge in [-0.1, -0.05) is 226 Å². The summed E-state index contributed by atoms with van der Waals surface area (Å²) >= 11 is 0. The standard InChI is InChI=1S/C42H85NO/c1-4-7-10-13-16-19-22-25-28-31-34-37-40-43(41-38-35-32-29-26-23-20-17-14-11-8-5-2)42(44)39-36-33-30-27-24-21-18-15-12-9-6-3/h4-41H2,1-3H3. The molecule has 44 heavy (non-hydrogen) atoms. The van der Waals surface area contributed by atoms with E-state index in [4.69, 9.17) is 0 Å². The van der Waals surface area contributed by atoms with E-state index in [1.807, 2.05) is 0 Å². The number of nitrogens with zero attached hydrogens (tertiary/aromatic N) is 1. The maximum absolute atomic E-state index is 13.2. The molecule has 0 atom stereocenters. The molecule has 2 heteroatoms. The van der Waals surface area contributed by atoms with Crippen molar-refractivity contribution >= 4 is 5.91 Å². The molecule has 0 aliphatic rings. The monoisotopic (exact) mass is 620 g/mol. The van der Waals surface area contributed by atoms with Crippen molar-refractivity contribution < 1.29 is 4.79 Å². The molecule has 0 saturated heterocycles. The van der Waals surface area contributed by atoms with Crippen LogP contribution in [0.5, 0.6) is 0 Å². The van der Waals surface area contributed by atoms with Crippen molar-refractivity contribution in [1.29, 1.82) is 0 Å². The molecule has 0 rings (SSSR count). The molecule has 0 heterocycles. The average Bonchev–Trinajstić information content (AvgIpc) is 3.03. The third-order valence-electron chi connectivity index (χ3n) is 9.91. The van der Waals surface area contributed by atoms with Crippen LogP contribution in [0, 0.1) is 0 Å². The van der Waals surface area contributed by atoms with Crippen LogP contribution in [0.2, 0.25) is 0 Å². The van der Waals surface area contributed by atoms with E-state index in [0.29, 0.717) is 5.91 Å². The van der Waals surface area contributed by atoms with Crippen molar-refractivity contribution in [3.8, 4) is 0 Å². The van der Waals surface area contributed by atoms with Crippen molar-refractivity contribution in [2.45, 2.75) is 252 Å². The lowest BCUT2D eigenvalue weighted by atomic mass is 10.0. The molecule has 2 nitrogen and oxygen atoms in total. The van der Waals surface area contributed by atoms with E-state index < -0.39 is 0 Å². The van der Waals surface area contributed by atoms with Crippen LogP contribution < -0.4 is 0 Å². The first kappa shape index (κ1) is 43.5. The van der Waals surface area contributed by atoms with E-state index in [0.717, 1.165) is 25.9 Å². The van der Waals surface area contributed by atoms with E-state index in [-0.39, 0.29) is 0 Å². The number of carbonyl (C=O) groups excluding carboxylic acids is 1. The molecule has 0 aliphatic heterocycles. The van der Waals surface area contributed by atoms with Crippen molar-refractivity contribution in [2.75, 3.05) is 13.1 Å². The molecule has 0 spiro atoms. The van der Waals surface area contributed by atoms with Crippen LogP contribution in [0.1, 0.15) is 252 Å². The van der Waals surface area contributed by atoms with Crippen molar-refractivity contribution in [1.82, 2.24) is 4.90 Å². The number of hydrogen-bond acceptors (Lipinski definition) is 1. The third-order valence-corrected chi connectivity index (χ3v) is 9.91. The first-order chi connectivity index (χ1) is 21.8. The Labute approximate surface area is 280 Å². The van der Waals surface area contributed by atoms with Crippen LogP contribution in [0.4, 0.5) is 0 Å². The quantitative estimate of drug-likeness (QED) is 0.0630.